The van der Waals surface area contributed by atoms with Crippen molar-refractivity contribution in [1.29, 1.82) is 0 Å². The summed E-state index contributed by atoms with van der Waals surface area (Å²) in [4.78, 5) is 12.0. The molecule has 0 radical (unpaired) electrons. The molecule has 0 aliphatic heterocycles. The van der Waals surface area contributed by atoms with Crippen LogP contribution < -0.4 is 5.32 Å². The van der Waals surface area contributed by atoms with E-state index in [0.29, 0.717) is 13.1 Å². The molecule has 1 aromatic heterocycles. The second kappa shape index (κ2) is 7.08. The Labute approximate surface area is 138 Å². The standard InChI is InChI=1S/C16H18ClF2N3O/c1-9(8-22-11(3)4-10(2)21-22)7-20-16(23)12-5-14(18)15(19)6-13(12)17/h4-6,9H,7-8H2,1-3H3,(H,20,23)/t9-/m0/s1. The van der Waals surface area contributed by atoms with Crippen molar-refractivity contribution in [3.05, 3.63) is 51.8 Å². The van der Waals surface area contributed by atoms with Crippen molar-refractivity contribution in [2.75, 3.05) is 6.54 Å². The van der Waals surface area contributed by atoms with Crippen LogP contribution in [0.5, 0.6) is 0 Å². The molecule has 23 heavy (non-hydrogen) atoms. The first-order chi connectivity index (χ1) is 10.8. The van der Waals surface area contributed by atoms with Gasteiger partial charge in [0.25, 0.3) is 5.91 Å². The van der Waals surface area contributed by atoms with E-state index in [0.717, 1.165) is 23.5 Å². The number of nitrogens with one attached hydrogen (secondary N) is 1. The topological polar surface area (TPSA) is 46.9 Å². The summed E-state index contributed by atoms with van der Waals surface area (Å²) >= 11 is 5.78. The third-order valence-electron chi connectivity index (χ3n) is 3.45. The SMILES string of the molecule is Cc1cc(C)n(C[C@@H](C)CNC(=O)c2cc(F)c(F)cc2Cl)n1. The summed E-state index contributed by atoms with van der Waals surface area (Å²) in [6.45, 7) is 6.86. The zero-order valence-corrected chi connectivity index (χ0v) is 13.9. The number of rotatable bonds is 5. The number of hydrogen-bond donors (Lipinski definition) is 1. The molecular formula is C16H18ClF2N3O. The van der Waals surface area contributed by atoms with Crippen molar-refractivity contribution in [2.24, 2.45) is 5.92 Å². The van der Waals surface area contributed by atoms with Crippen LogP contribution in [0, 0.1) is 31.4 Å². The number of nitrogens with zero attached hydrogens (tertiary/aromatic N) is 2. The molecule has 4 nitrogen and oxygen atoms in total. The zero-order chi connectivity index (χ0) is 17.1. The van der Waals surface area contributed by atoms with E-state index >= 15 is 0 Å². The highest BCUT2D eigenvalue weighted by molar-refractivity contribution is 6.33. The largest absolute Gasteiger partial charge is 0.352 e. The van der Waals surface area contributed by atoms with Gasteiger partial charge in [0.15, 0.2) is 11.6 Å². The van der Waals surface area contributed by atoms with E-state index < -0.39 is 17.5 Å². The van der Waals surface area contributed by atoms with Gasteiger partial charge in [-0.3, -0.25) is 9.48 Å². The van der Waals surface area contributed by atoms with Crippen molar-refractivity contribution in [1.82, 2.24) is 15.1 Å². The van der Waals surface area contributed by atoms with Gasteiger partial charge in [-0.05, 0) is 38.0 Å². The summed E-state index contributed by atoms with van der Waals surface area (Å²) in [7, 11) is 0. The van der Waals surface area contributed by atoms with Crippen molar-refractivity contribution in [2.45, 2.75) is 27.3 Å². The molecule has 0 saturated carbocycles. The Balaban J connectivity index is 1.96. The lowest BCUT2D eigenvalue weighted by atomic mass is 10.1. The molecular weight excluding hydrogens is 324 g/mol. The summed E-state index contributed by atoms with van der Waals surface area (Å²) in [6, 6.07) is 3.58. The first kappa shape index (κ1) is 17.4. The Morgan fingerprint density at radius 1 is 1.30 bits per heavy atom. The second-order valence-electron chi connectivity index (χ2n) is 5.67. The number of halogens is 3. The molecule has 0 spiro atoms. The maximum absolute atomic E-state index is 13.2. The van der Waals surface area contributed by atoms with Gasteiger partial charge >= 0.3 is 0 Å². The molecule has 0 fully saturated rings. The van der Waals surface area contributed by atoms with Crippen LogP contribution in [0.25, 0.3) is 0 Å². The van der Waals surface area contributed by atoms with E-state index in [9.17, 15) is 13.6 Å². The van der Waals surface area contributed by atoms with E-state index in [2.05, 4.69) is 10.4 Å². The number of carbonyl (C=O) groups is 1. The van der Waals surface area contributed by atoms with Gasteiger partial charge in [-0.25, -0.2) is 8.78 Å². The number of benzene rings is 1. The number of carbonyl (C=O) groups excluding carboxylic acids is 1. The number of hydrogen-bond acceptors (Lipinski definition) is 2. The molecule has 0 aliphatic carbocycles. The minimum atomic E-state index is -1.10. The highest BCUT2D eigenvalue weighted by Gasteiger charge is 2.16. The van der Waals surface area contributed by atoms with Crippen LogP contribution in [0.3, 0.4) is 0 Å². The Bertz CT molecular complexity index is 730. The molecule has 2 rings (SSSR count). The average molecular weight is 342 g/mol. The summed E-state index contributed by atoms with van der Waals surface area (Å²) in [6.07, 6.45) is 0. The molecule has 2 aromatic rings. The zero-order valence-electron chi connectivity index (χ0n) is 13.2. The number of aromatic nitrogens is 2. The molecule has 1 atom stereocenters. The molecule has 7 heteroatoms. The third kappa shape index (κ3) is 4.28. The minimum absolute atomic E-state index is 0.0797. The van der Waals surface area contributed by atoms with Crippen LogP contribution in [0.1, 0.15) is 28.7 Å². The number of aryl methyl sites for hydroxylation is 2. The summed E-state index contributed by atoms with van der Waals surface area (Å²) < 4.78 is 28.1. The molecule has 1 heterocycles. The highest BCUT2D eigenvalue weighted by atomic mass is 35.5. The molecule has 1 aromatic carbocycles. The molecule has 0 unspecified atom stereocenters. The predicted molar refractivity (Wildman–Crippen MR) is 84.6 cm³/mol. The normalized spacial score (nSPS) is 12.3. The first-order valence-electron chi connectivity index (χ1n) is 7.21. The van der Waals surface area contributed by atoms with Crippen molar-refractivity contribution >= 4 is 17.5 Å². The van der Waals surface area contributed by atoms with Crippen molar-refractivity contribution < 1.29 is 13.6 Å². The molecule has 1 N–H and O–H groups in total. The van der Waals surface area contributed by atoms with Crippen LogP contribution in [0.15, 0.2) is 18.2 Å². The van der Waals surface area contributed by atoms with Gasteiger partial charge in [0.1, 0.15) is 0 Å². The average Bonchev–Trinajstić information content (AvgIpc) is 2.78. The van der Waals surface area contributed by atoms with Gasteiger partial charge in [-0.2, -0.15) is 5.10 Å². The molecule has 0 bridgehead atoms. The lowest BCUT2D eigenvalue weighted by Crippen LogP contribution is -2.30. The minimum Gasteiger partial charge on any atom is -0.352 e. The first-order valence-corrected chi connectivity index (χ1v) is 7.59. The maximum Gasteiger partial charge on any atom is 0.252 e. The smallest absolute Gasteiger partial charge is 0.252 e. The van der Waals surface area contributed by atoms with Gasteiger partial charge in [-0.15, -0.1) is 0 Å². The van der Waals surface area contributed by atoms with Crippen molar-refractivity contribution in [3.8, 4) is 0 Å². The van der Waals surface area contributed by atoms with E-state index in [1.165, 1.54) is 0 Å². The van der Waals surface area contributed by atoms with Crippen LogP contribution in [0.4, 0.5) is 8.78 Å². The van der Waals surface area contributed by atoms with Gasteiger partial charge in [0.05, 0.1) is 16.3 Å². The fourth-order valence-corrected chi connectivity index (χ4v) is 2.51. The quantitative estimate of drug-likeness (QED) is 0.846. The summed E-state index contributed by atoms with van der Waals surface area (Å²) in [5, 5.41) is 6.92. The van der Waals surface area contributed by atoms with Gasteiger partial charge in [0, 0.05) is 18.8 Å². The lowest BCUT2D eigenvalue weighted by molar-refractivity contribution is 0.0946. The van der Waals surface area contributed by atoms with Gasteiger partial charge in [0.2, 0.25) is 0 Å². The number of amides is 1. The van der Waals surface area contributed by atoms with E-state index in [4.69, 9.17) is 11.6 Å². The van der Waals surface area contributed by atoms with Gasteiger partial charge < -0.3 is 5.32 Å². The second-order valence-corrected chi connectivity index (χ2v) is 6.08. The van der Waals surface area contributed by atoms with Gasteiger partial charge in [-0.1, -0.05) is 18.5 Å². The highest BCUT2D eigenvalue weighted by Crippen LogP contribution is 2.20. The molecule has 0 saturated heterocycles. The molecule has 1 amide bonds. The predicted octanol–water partition coefficient (Wildman–Crippen LogP) is 3.50. The van der Waals surface area contributed by atoms with Crippen molar-refractivity contribution in [3.63, 3.8) is 0 Å². The van der Waals surface area contributed by atoms with Crippen LogP contribution in [-0.2, 0) is 6.54 Å². The van der Waals surface area contributed by atoms with E-state index in [1.54, 1.807) is 0 Å². The summed E-state index contributed by atoms with van der Waals surface area (Å²) in [5.74, 6) is -2.60. The Hall–Kier alpha value is -1.95. The summed E-state index contributed by atoms with van der Waals surface area (Å²) in [5.41, 5.74) is 1.90. The van der Waals surface area contributed by atoms with Crippen LogP contribution in [-0.4, -0.2) is 22.2 Å². The fourth-order valence-electron chi connectivity index (χ4n) is 2.28. The van der Waals surface area contributed by atoms with E-state index in [1.807, 2.05) is 31.5 Å². The van der Waals surface area contributed by atoms with Crippen LogP contribution in [0.2, 0.25) is 5.02 Å². The Morgan fingerprint density at radius 2 is 1.96 bits per heavy atom. The molecule has 124 valence electrons. The Kier molecular flexibility index (Phi) is 5.36. The van der Waals surface area contributed by atoms with Crippen LogP contribution >= 0.6 is 11.6 Å². The van der Waals surface area contributed by atoms with E-state index in [-0.39, 0.29) is 16.5 Å². The lowest BCUT2D eigenvalue weighted by Gasteiger charge is -2.14. The maximum atomic E-state index is 13.2. The monoisotopic (exact) mass is 341 g/mol. The molecule has 0 aliphatic rings. The Morgan fingerprint density at radius 3 is 2.57 bits per heavy atom. The fraction of sp³-hybridized carbons (Fsp3) is 0.375. The third-order valence-corrected chi connectivity index (χ3v) is 3.77.